The zero-order chi connectivity index (χ0) is 11.3. The predicted molar refractivity (Wildman–Crippen MR) is 62.9 cm³/mol. The smallest absolute Gasteiger partial charge is 0.230 e. The number of hydrogen-bond donors (Lipinski definition) is 2. The van der Waals surface area contributed by atoms with E-state index in [4.69, 9.17) is 4.74 Å². The number of methoxy groups -OCH3 is 1. The van der Waals surface area contributed by atoms with E-state index < -0.39 is 5.41 Å². The van der Waals surface area contributed by atoms with Gasteiger partial charge in [-0.25, -0.2) is 0 Å². The van der Waals surface area contributed by atoms with Crippen molar-refractivity contribution in [2.75, 3.05) is 33.4 Å². The monoisotopic (exact) mass is 276 g/mol. The van der Waals surface area contributed by atoms with Gasteiger partial charge in [-0.05, 0) is 13.0 Å². The molecular formula is C10H17BrN2O2. The van der Waals surface area contributed by atoms with E-state index in [1.807, 2.05) is 0 Å². The molecule has 1 aliphatic heterocycles. The van der Waals surface area contributed by atoms with Crippen LogP contribution < -0.4 is 10.6 Å². The van der Waals surface area contributed by atoms with Gasteiger partial charge in [0, 0.05) is 24.7 Å². The van der Waals surface area contributed by atoms with Crippen LogP contribution in [0.5, 0.6) is 0 Å². The molecule has 1 unspecified atom stereocenters. The third kappa shape index (κ3) is 3.29. The summed E-state index contributed by atoms with van der Waals surface area (Å²) in [6, 6.07) is 0. The molecule has 1 aliphatic rings. The Labute approximate surface area is 98.6 Å². The van der Waals surface area contributed by atoms with E-state index >= 15 is 0 Å². The summed E-state index contributed by atoms with van der Waals surface area (Å²) < 4.78 is 5.89. The maximum Gasteiger partial charge on any atom is 0.230 e. The minimum Gasteiger partial charge on any atom is -0.384 e. The Morgan fingerprint density at radius 1 is 1.73 bits per heavy atom. The predicted octanol–water partition coefficient (Wildman–Crippen LogP) is 0.637. The van der Waals surface area contributed by atoms with E-state index in [1.165, 1.54) is 0 Å². The molecule has 0 aliphatic carbocycles. The van der Waals surface area contributed by atoms with Crippen LogP contribution in [-0.2, 0) is 9.53 Å². The number of amides is 1. The molecule has 1 atom stereocenters. The van der Waals surface area contributed by atoms with Gasteiger partial charge in [0.2, 0.25) is 5.91 Å². The average Bonchev–Trinajstić information content (AvgIpc) is 2.64. The summed E-state index contributed by atoms with van der Waals surface area (Å²) in [4.78, 5) is 12.0. The summed E-state index contributed by atoms with van der Waals surface area (Å²) in [6.45, 7) is 6.15. The summed E-state index contributed by atoms with van der Waals surface area (Å²) in [6.07, 6.45) is 0.821. The maximum absolute atomic E-state index is 12.0. The molecule has 0 aromatic rings. The fraction of sp³-hybridized carbons (Fsp3) is 0.700. The van der Waals surface area contributed by atoms with Gasteiger partial charge in [0.05, 0.1) is 12.0 Å². The van der Waals surface area contributed by atoms with E-state index in [9.17, 15) is 4.79 Å². The highest BCUT2D eigenvalue weighted by Crippen LogP contribution is 2.26. The molecule has 1 saturated heterocycles. The van der Waals surface area contributed by atoms with Gasteiger partial charge in [-0.2, -0.15) is 0 Å². The van der Waals surface area contributed by atoms with E-state index in [0.29, 0.717) is 19.7 Å². The summed E-state index contributed by atoms with van der Waals surface area (Å²) >= 11 is 3.21. The van der Waals surface area contributed by atoms with Crippen LogP contribution in [0.25, 0.3) is 0 Å². The molecule has 5 heteroatoms. The van der Waals surface area contributed by atoms with Crippen LogP contribution in [0.3, 0.4) is 0 Å². The van der Waals surface area contributed by atoms with Crippen LogP contribution in [0.1, 0.15) is 6.42 Å². The van der Waals surface area contributed by atoms with Crippen molar-refractivity contribution in [2.24, 2.45) is 5.41 Å². The third-order valence-electron chi connectivity index (χ3n) is 2.59. The molecule has 1 fully saturated rings. The van der Waals surface area contributed by atoms with Gasteiger partial charge in [0.25, 0.3) is 0 Å². The first-order valence-corrected chi connectivity index (χ1v) is 5.71. The molecule has 1 heterocycles. The lowest BCUT2D eigenvalue weighted by Crippen LogP contribution is -2.45. The Balaban J connectivity index is 2.55. The molecule has 15 heavy (non-hydrogen) atoms. The minimum atomic E-state index is -0.406. The number of hydrogen-bond acceptors (Lipinski definition) is 3. The number of ether oxygens (including phenoxy) is 1. The highest BCUT2D eigenvalue weighted by molar-refractivity contribution is 9.11. The molecule has 1 amide bonds. The lowest BCUT2D eigenvalue weighted by atomic mass is 9.87. The Morgan fingerprint density at radius 2 is 2.47 bits per heavy atom. The Morgan fingerprint density at radius 3 is 2.93 bits per heavy atom. The lowest BCUT2D eigenvalue weighted by molar-refractivity contribution is -0.132. The summed E-state index contributed by atoms with van der Waals surface area (Å²) in [5, 5.41) is 6.04. The van der Waals surface area contributed by atoms with Crippen molar-refractivity contribution in [3.63, 3.8) is 0 Å². The maximum atomic E-state index is 12.0. The van der Waals surface area contributed by atoms with Crippen molar-refractivity contribution in [2.45, 2.75) is 6.42 Å². The zero-order valence-electron chi connectivity index (χ0n) is 8.94. The van der Waals surface area contributed by atoms with Gasteiger partial charge in [0.15, 0.2) is 0 Å². The quantitative estimate of drug-likeness (QED) is 0.775. The first-order valence-electron chi connectivity index (χ1n) is 4.92. The van der Waals surface area contributed by atoms with E-state index in [-0.39, 0.29) is 5.91 Å². The molecule has 86 valence electrons. The van der Waals surface area contributed by atoms with E-state index in [2.05, 4.69) is 33.1 Å². The Hall–Kier alpha value is -0.390. The van der Waals surface area contributed by atoms with Crippen molar-refractivity contribution < 1.29 is 9.53 Å². The van der Waals surface area contributed by atoms with E-state index in [0.717, 1.165) is 17.4 Å². The molecule has 0 aromatic carbocycles. The van der Waals surface area contributed by atoms with E-state index in [1.54, 1.807) is 7.11 Å². The van der Waals surface area contributed by atoms with Gasteiger partial charge in [-0.3, -0.25) is 4.79 Å². The second-order valence-corrected chi connectivity index (χ2v) is 4.96. The number of nitrogens with one attached hydrogen (secondary N) is 2. The first-order chi connectivity index (χ1) is 7.10. The van der Waals surface area contributed by atoms with Gasteiger partial charge < -0.3 is 15.4 Å². The first kappa shape index (κ1) is 12.7. The largest absolute Gasteiger partial charge is 0.384 e. The summed E-state index contributed by atoms with van der Waals surface area (Å²) in [7, 11) is 1.62. The van der Waals surface area contributed by atoms with Crippen molar-refractivity contribution in [1.29, 1.82) is 0 Å². The minimum absolute atomic E-state index is 0.0370. The average molecular weight is 277 g/mol. The van der Waals surface area contributed by atoms with Crippen molar-refractivity contribution in [3.05, 3.63) is 11.1 Å². The molecule has 4 nitrogen and oxygen atoms in total. The second-order valence-electron chi connectivity index (χ2n) is 3.84. The fourth-order valence-electron chi connectivity index (χ4n) is 1.77. The Kier molecular flexibility index (Phi) is 4.76. The molecule has 1 rings (SSSR count). The van der Waals surface area contributed by atoms with Gasteiger partial charge in [-0.15, -0.1) is 0 Å². The molecule has 0 radical (unpaired) electrons. The summed E-state index contributed by atoms with van der Waals surface area (Å²) in [5.74, 6) is 0.0370. The summed E-state index contributed by atoms with van der Waals surface area (Å²) in [5.41, 5.74) is -0.406. The lowest BCUT2D eigenvalue weighted by Gasteiger charge is -2.25. The SMILES string of the molecule is C=C(Br)CNC(=O)C1(COC)CCNC1. The molecular weight excluding hydrogens is 260 g/mol. The molecule has 0 bridgehead atoms. The highest BCUT2D eigenvalue weighted by atomic mass is 79.9. The van der Waals surface area contributed by atoms with Gasteiger partial charge in [-0.1, -0.05) is 22.5 Å². The zero-order valence-corrected chi connectivity index (χ0v) is 10.5. The van der Waals surface area contributed by atoms with Crippen molar-refractivity contribution in [3.8, 4) is 0 Å². The number of carbonyl (C=O) groups excluding carboxylic acids is 1. The van der Waals surface area contributed by atoms with Crippen molar-refractivity contribution in [1.82, 2.24) is 10.6 Å². The van der Waals surface area contributed by atoms with Crippen molar-refractivity contribution >= 4 is 21.8 Å². The third-order valence-corrected chi connectivity index (χ3v) is 2.87. The fourth-order valence-corrected chi connectivity index (χ4v) is 1.91. The van der Waals surface area contributed by atoms with Gasteiger partial charge in [0.1, 0.15) is 0 Å². The Bertz CT molecular complexity index is 250. The number of halogens is 1. The second kappa shape index (κ2) is 5.63. The van der Waals surface area contributed by atoms with Crippen LogP contribution >= 0.6 is 15.9 Å². The highest BCUT2D eigenvalue weighted by Gasteiger charge is 2.41. The van der Waals surface area contributed by atoms with Crippen LogP contribution in [0.2, 0.25) is 0 Å². The number of rotatable bonds is 5. The van der Waals surface area contributed by atoms with Crippen LogP contribution in [-0.4, -0.2) is 39.3 Å². The van der Waals surface area contributed by atoms with Crippen LogP contribution in [0.15, 0.2) is 11.1 Å². The molecule has 0 saturated carbocycles. The van der Waals surface area contributed by atoms with Crippen LogP contribution in [0.4, 0.5) is 0 Å². The molecule has 0 spiro atoms. The standard InChI is InChI=1S/C10H17BrN2O2/c1-8(11)5-13-9(14)10(7-15-2)3-4-12-6-10/h12H,1,3-7H2,2H3,(H,13,14). The normalized spacial score (nSPS) is 25.2. The number of carbonyl (C=O) groups is 1. The molecule has 2 N–H and O–H groups in total. The molecule has 0 aromatic heterocycles. The van der Waals surface area contributed by atoms with Gasteiger partial charge >= 0.3 is 0 Å². The van der Waals surface area contributed by atoms with Crippen LogP contribution in [0, 0.1) is 5.41 Å². The topological polar surface area (TPSA) is 50.4 Å².